The number of benzene rings is 2. The van der Waals surface area contributed by atoms with Crippen LogP contribution >= 0.6 is 23.2 Å². The molecule has 1 aliphatic heterocycles. The molecule has 0 radical (unpaired) electrons. The van der Waals surface area contributed by atoms with Crippen molar-refractivity contribution in [1.82, 2.24) is 4.90 Å². The third kappa shape index (κ3) is 4.99. The molecule has 0 aliphatic carbocycles. The fourth-order valence-electron chi connectivity index (χ4n) is 3.46. The Morgan fingerprint density at radius 2 is 1.87 bits per heavy atom. The molecule has 160 valence electrons. The fraction of sp³-hybridized carbons (Fsp3) is 0.364. The number of carbonyl (C=O) groups is 2. The van der Waals surface area contributed by atoms with Gasteiger partial charge in [-0.25, -0.2) is 0 Å². The molecule has 2 aromatic carbocycles. The maximum Gasteiger partial charge on any atom is 0.256 e. The van der Waals surface area contributed by atoms with Gasteiger partial charge in [0.2, 0.25) is 5.91 Å². The molecule has 1 atom stereocenters. The number of hydrogen-bond acceptors (Lipinski definition) is 4. The summed E-state index contributed by atoms with van der Waals surface area (Å²) in [6.45, 7) is 5.19. The van der Waals surface area contributed by atoms with Crippen molar-refractivity contribution in [3.05, 3.63) is 52.0 Å². The quantitative estimate of drug-likeness (QED) is 0.641. The molecule has 1 saturated heterocycles. The number of nitrogens with zero attached hydrogens (tertiary/aromatic N) is 1. The van der Waals surface area contributed by atoms with Crippen LogP contribution in [0.4, 0.5) is 5.69 Å². The van der Waals surface area contributed by atoms with Gasteiger partial charge in [0.05, 0.1) is 29.5 Å². The zero-order chi connectivity index (χ0) is 21.7. The second-order valence-electron chi connectivity index (χ2n) is 6.79. The van der Waals surface area contributed by atoms with E-state index in [1.54, 1.807) is 35.2 Å². The number of anilines is 1. The van der Waals surface area contributed by atoms with Gasteiger partial charge in [-0.1, -0.05) is 23.2 Å². The molecular formula is C22H24Cl2N2O4. The number of amides is 2. The number of nitrogens with one attached hydrogen (secondary N) is 1. The van der Waals surface area contributed by atoms with Gasteiger partial charge in [0.25, 0.3) is 5.91 Å². The summed E-state index contributed by atoms with van der Waals surface area (Å²) < 4.78 is 11.2. The predicted molar refractivity (Wildman–Crippen MR) is 118 cm³/mol. The summed E-state index contributed by atoms with van der Waals surface area (Å²) in [4.78, 5) is 27.7. The van der Waals surface area contributed by atoms with Gasteiger partial charge in [0.1, 0.15) is 17.5 Å². The lowest BCUT2D eigenvalue weighted by atomic mass is 10.1. The van der Waals surface area contributed by atoms with Crippen LogP contribution in [0.3, 0.4) is 0 Å². The van der Waals surface area contributed by atoms with Gasteiger partial charge in [-0.15, -0.1) is 0 Å². The number of halogens is 2. The van der Waals surface area contributed by atoms with Gasteiger partial charge < -0.3 is 19.7 Å². The highest BCUT2D eigenvalue weighted by atomic mass is 35.5. The van der Waals surface area contributed by atoms with Crippen molar-refractivity contribution >= 4 is 40.7 Å². The average Bonchev–Trinajstić information content (AvgIpc) is 3.21. The number of carbonyl (C=O) groups excluding carboxylic acids is 2. The summed E-state index contributed by atoms with van der Waals surface area (Å²) in [5.74, 6) is 0.575. The average molecular weight is 451 g/mol. The van der Waals surface area contributed by atoms with E-state index in [-0.39, 0.29) is 17.4 Å². The minimum Gasteiger partial charge on any atom is -0.494 e. The van der Waals surface area contributed by atoms with Crippen molar-refractivity contribution in [2.24, 2.45) is 0 Å². The summed E-state index contributed by atoms with van der Waals surface area (Å²) in [7, 11) is 0. The molecule has 1 unspecified atom stereocenters. The van der Waals surface area contributed by atoms with E-state index < -0.39 is 6.04 Å². The summed E-state index contributed by atoms with van der Waals surface area (Å²) in [5.41, 5.74) is 0.796. The van der Waals surface area contributed by atoms with E-state index in [2.05, 4.69) is 5.32 Å². The van der Waals surface area contributed by atoms with Crippen LogP contribution in [0.2, 0.25) is 10.0 Å². The van der Waals surface area contributed by atoms with Gasteiger partial charge in [-0.3, -0.25) is 9.59 Å². The molecule has 0 spiro atoms. The maximum absolute atomic E-state index is 13.1. The summed E-state index contributed by atoms with van der Waals surface area (Å²) in [6, 6.07) is 9.38. The highest BCUT2D eigenvalue weighted by molar-refractivity contribution is 6.35. The predicted octanol–water partition coefficient (Wildman–Crippen LogP) is 5.03. The number of likely N-dealkylation sites (tertiary alicyclic amines) is 1. The number of ether oxygens (including phenoxy) is 2. The number of hydrogen-bond donors (Lipinski definition) is 1. The Bertz CT molecular complexity index is 935. The second kappa shape index (κ2) is 10.0. The Kier molecular flexibility index (Phi) is 7.45. The van der Waals surface area contributed by atoms with Crippen LogP contribution in [0.25, 0.3) is 0 Å². The fourth-order valence-corrected chi connectivity index (χ4v) is 3.83. The van der Waals surface area contributed by atoms with E-state index in [9.17, 15) is 9.59 Å². The van der Waals surface area contributed by atoms with Gasteiger partial charge in [-0.2, -0.15) is 0 Å². The van der Waals surface area contributed by atoms with Crippen molar-refractivity contribution < 1.29 is 19.1 Å². The Balaban J connectivity index is 1.81. The van der Waals surface area contributed by atoms with E-state index in [0.717, 1.165) is 6.42 Å². The van der Waals surface area contributed by atoms with Crippen LogP contribution < -0.4 is 14.8 Å². The first-order valence-electron chi connectivity index (χ1n) is 9.91. The van der Waals surface area contributed by atoms with Crippen LogP contribution in [0.15, 0.2) is 36.4 Å². The number of rotatable bonds is 7. The lowest BCUT2D eigenvalue weighted by Crippen LogP contribution is -2.43. The SMILES string of the molecule is CCOc1ccc(OCC)c(NC(=O)C2CCCN2C(=O)c2cc(Cl)ccc2Cl)c1. The van der Waals surface area contributed by atoms with E-state index in [1.807, 2.05) is 13.8 Å². The van der Waals surface area contributed by atoms with Crippen molar-refractivity contribution in [2.75, 3.05) is 25.1 Å². The van der Waals surface area contributed by atoms with Gasteiger partial charge >= 0.3 is 0 Å². The molecule has 3 rings (SSSR count). The summed E-state index contributed by atoms with van der Waals surface area (Å²) >= 11 is 12.2. The standard InChI is InChI=1S/C22H24Cl2N2O4/c1-3-29-15-8-10-20(30-4-2)18(13-15)25-21(27)19-6-5-11-26(19)22(28)16-12-14(23)7-9-17(16)24/h7-10,12-13,19H,3-6,11H2,1-2H3,(H,25,27). The van der Waals surface area contributed by atoms with Gasteiger partial charge in [0, 0.05) is 17.6 Å². The van der Waals surface area contributed by atoms with Crippen LogP contribution in [0.1, 0.15) is 37.0 Å². The van der Waals surface area contributed by atoms with Gasteiger partial charge in [0.15, 0.2) is 0 Å². The second-order valence-corrected chi connectivity index (χ2v) is 7.64. The van der Waals surface area contributed by atoms with E-state index in [0.29, 0.717) is 53.4 Å². The largest absolute Gasteiger partial charge is 0.494 e. The molecule has 6 nitrogen and oxygen atoms in total. The third-order valence-electron chi connectivity index (χ3n) is 4.79. The van der Waals surface area contributed by atoms with Crippen molar-refractivity contribution in [3.8, 4) is 11.5 Å². The zero-order valence-corrected chi connectivity index (χ0v) is 18.4. The molecular weight excluding hydrogens is 427 g/mol. The Morgan fingerprint density at radius 3 is 2.60 bits per heavy atom. The maximum atomic E-state index is 13.1. The summed E-state index contributed by atoms with van der Waals surface area (Å²) in [5, 5.41) is 3.62. The van der Waals surface area contributed by atoms with E-state index in [4.69, 9.17) is 32.7 Å². The topological polar surface area (TPSA) is 67.9 Å². The zero-order valence-electron chi connectivity index (χ0n) is 16.9. The normalized spacial score (nSPS) is 15.7. The Morgan fingerprint density at radius 1 is 1.10 bits per heavy atom. The smallest absolute Gasteiger partial charge is 0.256 e. The molecule has 30 heavy (non-hydrogen) atoms. The summed E-state index contributed by atoms with van der Waals surface area (Å²) in [6.07, 6.45) is 1.28. The third-order valence-corrected chi connectivity index (χ3v) is 5.36. The van der Waals surface area contributed by atoms with E-state index in [1.165, 1.54) is 6.07 Å². The minimum absolute atomic E-state index is 0.284. The molecule has 1 aliphatic rings. The van der Waals surface area contributed by atoms with Crippen molar-refractivity contribution in [1.29, 1.82) is 0 Å². The van der Waals surface area contributed by atoms with Crippen LogP contribution in [0.5, 0.6) is 11.5 Å². The molecule has 0 aromatic heterocycles. The van der Waals surface area contributed by atoms with Crippen LogP contribution in [-0.2, 0) is 4.79 Å². The van der Waals surface area contributed by atoms with Gasteiger partial charge in [-0.05, 0) is 57.0 Å². The van der Waals surface area contributed by atoms with Crippen LogP contribution in [0, 0.1) is 0 Å². The molecule has 2 aromatic rings. The Labute approximate surface area is 186 Å². The molecule has 1 fully saturated rings. The van der Waals surface area contributed by atoms with Crippen molar-refractivity contribution in [3.63, 3.8) is 0 Å². The lowest BCUT2D eigenvalue weighted by Gasteiger charge is -2.25. The lowest BCUT2D eigenvalue weighted by molar-refractivity contribution is -0.119. The van der Waals surface area contributed by atoms with E-state index >= 15 is 0 Å². The highest BCUT2D eigenvalue weighted by Crippen LogP contribution is 2.31. The molecule has 0 saturated carbocycles. The molecule has 8 heteroatoms. The first-order chi connectivity index (χ1) is 14.4. The molecule has 1 heterocycles. The van der Waals surface area contributed by atoms with Crippen molar-refractivity contribution in [2.45, 2.75) is 32.7 Å². The molecule has 1 N–H and O–H groups in total. The first-order valence-corrected chi connectivity index (χ1v) is 10.7. The molecule has 2 amide bonds. The minimum atomic E-state index is -0.613. The highest BCUT2D eigenvalue weighted by Gasteiger charge is 2.35. The van der Waals surface area contributed by atoms with Crippen LogP contribution in [-0.4, -0.2) is 42.5 Å². The monoisotopic (exact) mass is 450 g/mol. The first kappa shape index (κ1) is 22.2. The molecule has 0 bridgehead atoms. The Hall–Kier alpha value is -2.44.